The summed E-state index contributed by atoms with van der Waals surface area (Å²) in [4.78, 5) is 40.5. The predicted octanol–water partition coefficient (Wildman–Crippen LogP) is 1.52. The van der Waals surface area contributed by atoms with Crippen LogP contribution in [0.3, 0.4) is 0 Å². The van der Waals surface area contributed by atoms with Gasteiger partial charge in [0.25, 0.3) is 0 Å². The second-order valence-electron chi connectivity index (χ2n) is 9.79. The molecule has 10 heteroatoms. The lowest BCUT2D eigenvalue weighted by molar-refractivity contribution is -0.147. The average molecular weight is 511 g/mol. The fraction of sp³-hybridized carbons (Fsp3) is 0.625. The summed E-state index contributed by atoms with van der Waals surface area (Å²) in [7, 11) is 0. The highest BCUT2D eigenvalue weighted by atomic mass is 32.2. The Labute approximate surface area is 212 Å². The summed E-state index contributed by atoms with van der Waals surface area (Å²) in [6.45, 7) is 6.58. The minimum atomic E-state index is -1.08. The van der Waals surface area contributed by atoms with Crippen LogP contribution in [0.4, 0.5) is 0 Å². The maximum Gasteiger partial charge on any atom is 0.326 e. The van der Waals surface area contributed by atoms with Crippen LogP contribution in [0.5, 0.6) is 0 Å². The van der Waals surface area contributed by atoms with Crippen molar-refractivity contribution in [2.24, 2.45) is 11.1 Å². The predicted molar refractivity (Wildman–Crippen MR) is 140 cm³/mol. The number of thiol groups is 1. The number of rotatable bonds is 11. The molecule has 1 aromatic rings. The van der Waals surface area contributed by atoms with Crippen LogP contribution in [0.25, 0.3) is 0 Å². The molecule has 2 rings (SSSR count). The van der Waals surface area contributed by atoms with Crippen molar-refractivity contribution in [1.82, 2.24) is 15.5 Å². The average Bonchev–Trinajstić information content (AvgIpc) is 2.79. The van der Waals surface area contributed by atoms with E-state index in [0.717, 1.165) is 11.1 Å². The zero-order valence-electron chi connectivity index (χ0n) is 20.4. The molecule has 34 heavy (non-hydrogen) atoms. The maximum absolute atomic E-state index is 13.9. The Kier molecular flexibility index (Phi) is 10.7. The van der Waals surface area contributed by atoms with Gasteiger partial charge in [-0.25, -0.2) is 4.79 Å². The molecule has 1 aliphatic rings. The van der Waals surface area contributed by atoms with Gasteiger partial charge in [-0.2, -0.15) is 24.4 Å². The van der Waals surface area contributed by atoms with E-state index < -0.39 is 35.4 Å². The van der Waals surface area contributed by atoms with Gasteiger partial charge >= 0.3 is 5.97 Å². The third-order valence-electron chi connectivity index (χ3n) is 5.99. The van der Waals surface area contributed by atoms with Crippen LogP contribution >= 0.6 is 24.4 Å². The van der Waals surface area contributed by atoms with Crippen molar-refractivity contribution in [2.75, 3.05) is 24.3 Å². The Morgan fingerprint density at radius 2 is 1.91 bits per heavy atom. The van der Waals surface area contributed by atoms with Crippen molar-refractivity contribution >= 4 is 42.2 Å². The van der Waals surface area contributed by atoms with Gasteiger partial charge in [0, 0.05) is 31.3 Å². The second-order valence-corrected chi connectivity index (χ2v) is 11.1. The van der Waals surface area contributed by atoms with E-state index in [4.69, 9.17) is 5.73 Å². The van der Waals surface area contributed by atoms with Gasteiger partial charge in [0.1, 0.15) is 12.1 Å². The fourth-order valence-electron chi connectivity index (χ4n) is 4.01. The topological polar surface area (TPSA) is 125 Å². The molecule has 1 heterocycles. The summed E-state index contributed by atoms with van der Waals surface area (Å²) < 4.78 is 0. The molecule has 1 aromatic carbocycles. The molecule has 0 saturated heterocycles. The van der Waals surface area contributed by atoms with Gasteiger partial charge in [-0.3, -0.25) is 9.59 Å². The van der Waals surface area contributed by atoms with E-state index in [-0.39, 0.29) is 18.5 Å². The summed E-state index contributed by atoms with van der Waals surface area (Å²) in [5, 5.41) is 15.5. The molecule has 1 aliphatic heterocycles. The molecule has 0 saturated carbocycles. The van der Waals surface area contributed by atoms with E-state index in [1.54, 1.807) is 4.90 Å². The van der Waals surface area contributed by atoms with E-state index in [9.17, 15) is 19.5 Å². The quantitative estimate of drug-likeness (QED) is 0.286. The van der Waals surface area contributed by atoms with Crippen LogP contribution in [0.2, 0.25) is 0 Å². The van der Waals surface area contributed by atoms with Crippen LogP contribution in [0.15, 0.2) is 24.3 Å². The molecule has 0 aromatic heterocycles. The maximum atomic E-state index is 13.9. The van der Waals surface area contributed by atoms with Crippen molar-refractivity contribution in [3.05, 3.63) is 35.4 Å². The number of thioether (sulfide) groups is 1. The Morgan fingerprint density at radius 3 is 2.47 bits per heavy atom. The number of nitrogens with one attached hydrogen (secondary N) is 2. The van der Waals surface area contributed by atoms with Crippen molar-refractivity contribution < 1.29 is 19.5 Å². The van der Waals surface area contributed by atoms with Crippen molar-refractivity contribution in [1.29, 1.82) is 0 Å². The molecule has 4 atom stereocenters. The van der Waals surface area contributed by atoms with Gasteiger partial charge in [0.2, 0.25) is 11.8 Å². The molecule has 8 nitrogen and oxygen atoms in total. The number of fused-ring (bicyclic) bond motifs is 1. The molecule has 0 aliphatic carbocycles. The first-order valence-corrected chi connectivity index (χ1v) is 13.5. The Morgan fingerprint density at radius 1 is 1.26 bits per heavy atom. The number of benzene rings is 1. The van der Waals surface area contributed by atoms with Crippen LogP contribution in [0.1, 0.15) is 38.3 Å². The summed E-state index contributed by atoms with van der Waals surface area (Å²) in [5.74, 6) is -0.645. The Bertz CT molecular complexity index is 862. The molecule has 0 unspecified atom stereocenters. The normalized spacial score (nSPS) is 18.5. The first kappa shape index (κ1) is 28.5. The highest BCUT2D eigenvalue weighted by molar-refractivity contribution is 7.98. The lowest BCUT2D eigenvalue weighted by atomic mass is 9.84. The van der Waals surface area contributed by atoms with Crippen LogP contribution in [-0.2, 0) is 27.3 Å². The monoisotopic (exact) mass is 510 g/mol. The van der Waals surface area contributed by atoms with Crippen LogP contribution < -0.4 is 16.4 Å². The smallest absolute Gasteiger partial charge is 0.326 e. The summed E-state index contributed by atoms with van der Waals surface area (Å²) in [5.41, 5.74) is 7.55. The number of aliphatic carboxylic acids is 1. The van der Waals surface area contributed by atoms with Gasteiger partial charge in [0.15, 0.2) is 0 Å². The van der Waals surface area contributed by atoms with Gasteiger partial charge in [0.05, 0.1) is 6.04 Å². The van der Waals surface area contributed by atoms with Gasteiger partial charge in [-0.05, 0) is 35.0 Å². The fourth-order valence-corrected chi connectivity index (χ4v) is 4.61. The van der Waals surface area contributed by atoms with E-state index in [0.29, 0.717) is 30.9 Å². The summed E-state index contributed by atoms with van der Waals surface area (Å²) in [6.07, 6.45) is 2.53. The van der Waals surface area contributed by atoms with E-state index >= 15 is 0 Å². The number of carbonyl (C=O) groups is 3. The molecular weight excluding hydrogens is 472 g/mol. The second kappa shape index (κ2) is 12.8. The molecule has 190 valence electrons. The summed E-state index contributed by atoms with van der Waals surface area (Å²) >= 11 is 5.75. The minimum absolute atomic E-state index is 0.204. The molecule has 2 amide bonds. The zero-order chi connectivity index (χ0) is 25.5. The SMILES string of the molecule is CSCC[C@H](NC(=O)[C@@H]1Cc2ccccc2CN1C(=O)[C@@H](NC[C@@H](N)CS)C(C)(C)C)C(=O)O. The van der Waals surface area contributed by atoms with Crippen molar-refractivity contribution in [2.45, 2.75) is 64.3 Å². The summed E-state index contributed by atoms with van der Waals surface area (Å²) in [6, 6.07) is 5.13. The first-order valence-electron chi connectivity index (χ1n) is 11.5. The molecule has 5 N–H and O–H groups in total. The van der Waals surface area contributed by atoms with E-state index in [2.05, 4.69) is 23.3 Å². The highest BCUT2D eigenvalue weighted by Gasteiger charge is 2.41. The molecule has 0 radical (unpaired) electrons. The van der Waals surface area contributed by atoms with Crippen LogP contribution in [-0.4, -0.2) is 76.3 Å². The van der Waals surface area contributed by atoms with E-state index in [1.165, 1.54) is 11.8 Å². The van der Waals surface area contributed by atoms with Crippen molar-refractivity contribution in [3.63, 3.8) is 0 Å². The number of carboxylic acids is 1. The standard InChI is InChI=1S/C24H38N4O4S2/c1-24(2,3)20(26-12-17(25)14-33)22(30)28-13-16-8-6-5-7-15(16)11-19(28)21(29)27-18(23(31)32)9-10-34-4/h5-8,17-20,26,33H,9-14,25H2,1-4H3,(H,27,29)(H,31,32)/t17-,18+,19+,20-/m1/s1. The Balaban J connectivity index is 2.35. The number of hydrogen-bond acceptors (Lipinski definition) is 7. The largest absolute Gasteiger partial charge is 0.480 e. The van der Waals surface area contributed by atoms with Crippen LogP contribution in [0, 0.1) is 5.41 Å². The third kappa shape index (κ3) is 7.63. The lowest BCUT2D eigenvalue weighted by Gasteiger charge is -2.41. The van der Waals surface area contributed by atoms with Gasteiger partial charge in [-0.15, -0.1) is 0 Å². The molecular formula is C24H38N4O4S2. The minimum Gasteiger partial charge on any atom is -0.480 e. The van der Waals surface area contributed by atoms with Gasteiger partial charge < -0.3 is 26.4 Å². The van der Waals surface area contributed by atoms with Gasteiger partial charge in [-0.1, -0.05) is 45.0 Å². The number of amides is 2. The lowest BCUT2D eigenvalue weighted by Crippen LogP contribution is -2.61. The third-order valence-corrected chi connectivity index (χ3v) is 7.10. The number of nitrogens with zero attached hydrogens (tertiary/aromatic N) is 1. The number of nitrogens with two attached hydrogens (primary N) is 1. The zero-order valence-corrected chi connectivity index (χ0v) is 22.1. The molecule has 0 bridgehead atoms. The number of carboxylic acid groups (broad SMARTS) is 1. The first-order chi connectivity index (χ1) is 16.0. The Hall–Kier alpha value is -1.75. The number of carbonyl (C=O) groups excluding carboxylic acids is 2. The molecule has 0 fully saturated rings. The molecule has 0 spiro atoms. The van der Waals surface area contributed by atoms with Crippen molar-refractivity contribution in [3.8, 4) is 0 Å². The number of hydrogen-bond donors (Lipinski definition) is 5. The highest BCUT2D eigenvalue weighted by Crippen LogP contribution is 2.28. The van der Waals surface area contributed by atoms with E-state index in [1.807, 2.05) is 51.3 Å².